The summed E-state index contributed by atoms with van der Waals surface area (Å²) in [5.41, 5.74) is 6.30. The maximum atomic E-state index is 11.8. The second-order valence-corrected chi connectivity index (χ2v) is 7.53. The van der Waals surface area contributed by atoms with Crippen LogP contribution in [-0.4, -0.2) is 36.0 Å². The minimum absolute atomic E-state index is 0.0893. The van der Waals surface area contributed by atoms with Gasteiger partial charge in [-0.15, -0.1) is 11.8 Å². The van der Waals surface area contributed by atoms with Gasteiger partial charge < -0.3 is 10.3 Å². The third-order valence-corrected chi connectivity index (χ3v) is 5.41. The molecule has 0 atom stereocenters. The molecule has 1 aromatic carbocycles. The topological polar surface area (TPSA) is 90.0 Å². The van der Waals surface area contributed by atoms with Gasteiger partial charge in [0, 0.05) is 41.8 Å². The van der Waals surface area contributed by atoms with Crippen molar-refractivity contribution in [3.8, 4) is 0 Å². The van der Waals surface area contributed by atoms with Crippen LogP contribution in [0.25, 0.3) is 0 Å². The van der Waals surface area contributed by atoms with E-state index in [2.05, 4.69) is 9.71 Å². The summed E-state index contributed by atoms with van der Waals surface area (Å²) in [4.78, 5) is 4.91. The molecular formula is C13H18N4O2S2. The summed E-state index contributed by atoms with van der Waals surface area (Å²) in [5.74, 6) is 0.594. The van der Waals surface area contributed by atoms with Crippen molar-refractivity contribution in [2.45, 2.75) is 11.4 Å². The van der Waals surface area contributed by atoms with E-state index in [9.17, 15) is 8.42 Å². The predicted molar refractivity (Wildman–Crippen MR) is 85.6 cm³/mol. The summed E-state index contributed by atoms with van der Waals surface area (Å²) in [7, 11) is -3.24. The summed E-state index contributed by atoms with van der Waals surface area (Å²) >= 11 is 1.50. The Bertz CT molecular complexity index is 639. The van der Waals surface area contributed by atoms with Crippen LogP contribution in [0, 0.1) is 0 Å². The van der Waals surface area contributed by atoms with Crippen molar-refractivity contribution >= 4 is 27.5 Å². The highest BCUT2D eigenvalue weighted by molar-refractivity contribution is 8.00. The molecule has 0 saturated carbocycles. The first-order chi connectivity index (χ1) is 10.1. The lowest BCUT2D eigenvalue weighted by Gasteiger charge is -2.07. The number of hydrogen-bond donors (Lipinski definition) is 2. The maximum Gasteiger partial charge on any atom is 0.212 e. The third kappa shape index (κ3) is 5.78. The lowest BCUT2D eigenvalue weighted by molar-refractivity contribution is 0.574. The van der Waals surface area contributed by atoms with Crippen LogP contribution in [-0.2, 0) is 16.6 Å². The second kappa shape index (κ2) is 7.48. The smallest absolute Gasteiger partial charge is 0.212 e. The van der Waals surface area contributed by atoms with Crippen molar-refractivity contribution in [2.75, 3.05) is 23.8 Å². The number of sulfonamides is 1. The highest BCUT2D eigenvalue weighted by Gasteiger charge is 2.09. The Morgan fingerprint density at radius 3 is 2.71 bits per heavy atom. The number of anilines is 1. The highest BCUT2D eigenvalue weighted by atomic mass is 32.2. The molecule has 0 unspecified atom stereocenters. The lowest BCUT2D eigenvalue weighted by Crippen LogP contribution is -2.30. The standard InChI is InChI=1S/C13H18N4O2S2/c14-12-1-3-13(4-2-12)20-9-10-21(18,19)16-6-8-17-7-5-15-11-17/h1-5,7,11,16H,6,8-10,14H2. The zero-order valence-corrected chi connectivity index (χ0v) is 13.1. The number of rotatable bonds is 8. The fourth-order valence-corrected chi connectivity index (χ4v) is 3.98. The summed E-state index contributed by atoms with van der Waals surface area (Å²) in [6, 6.07) is 7.39. The Labute approximate surface area is 128 Å². The van der Waals surface area contributed by atoms with Crippen LogP contribution >= 0.6 is 11.8 Å². The zero-order chi connectivity index (χ0) is 15.1. The average molecular weight is 326 g/mol. The van der Waals surface area contributed by atoms with Crippen LogP contribution in [0.3, 0.4) is 0 Å². The van der Waals surface area contributed by atoms with Gasteiger partial charge in [0.05, 0.1) is 12.1 Å². The van der Waals surface area contributed by atoms with Gasteiger partial charge in [0.15, 0.2) is 0 Å². The first-order valence-corrected chi connectivity index (χ1v) is 9.10. The van der Waals surface area contributed by atoms with E-state index in [0.29, 0.717) is 24.5 Å². The van der Waals surface area contributed by atoms with E-state index in [-0.39, 0.29) is 5.75 Å². The quantitative estimate of drug-likeness (QED) is 0.561. The van der Waals surface area contributed by atoms with Gasteiger partial charge in [-0.3, -0.25) is 0 Å². The molecule has 8 heteroatoms. The summed E-state index contributed by atoms with van der Waals surface area (Å²) in [6.45, 7) is 0.940. The van der Waals surface area contributed by atoms with Gasteiger partial charge in [0.1, 0.15) is 0 Å². The molecule has 0 radical (unpaired) electrons. The minimum atomic E-state index is -3.24. The molecule has 0 spiro atoms. The predicted octanol–water partition coefficient (Wildman–Crippen LogP) is 1.18. The fraction of sp³-hybridized carbons (Fsp3) is 0.308. The van der Waals surface area contributed by atoms with E-state index in [4.69, 9.17) is 5.73 Å². The minimum Gasteiger partial charge on any atom is -0.399 e. The van der Waals surface area contributed by atoms with Crippen molar-refractivity contribution in [1.82, 2.24) is 14.3 Å². The van der Waals surface area contributed by atoms with E-state index in [1.807, 2.05) is 16.7 Å². The van der Waals surface area contributed by atoms with Gasteiger partial charge in [0.2, 0.25) is 10.0 Å². The molecule has 0 aliphatic rings. The van der Waals surface area contributed by atoms with Crippen molar-refractivity contribution in [3.63, 3.8) is 0 Å². The molecule has 0 fully saturated rings. The third-order valence-electron chi connectivity index (χ3n) is 2.75. The number of benzene rings is 1. The lowest BCUT2D eigenvalue weighted by atomic mass is 10.3. The van der Waals surface area contributed by atoms with Gasteiger partial charge in [-0.2, -0.15) is 0 Å². The van der Waals surface area contributed by atoms with Gasteiger partial charge in [-0.05, 0) is 24.3 Å². The molecule has 21 heavy (non-hydrogen) atoms. The Hall–Kier alpha value is -1.51. The van der Waals surface area contributed by atoms with Crippen LogP contribution in [0.1, 0.15) is 0 Å². The number of hydrogen-bond acceptors (Lipinski definition) is 5. The van der Waals surface area contributed by atoms with E-state index in [1.165, 1.54) is 11.8 Å². The van der Waals surface area contributed by atoms with Crippen molar-refractivity contribution in [1.29, 1.82) is 0 Å². The number of aromatic nitrogens is 2. The molecule has 114 valence electrons. The van der Waals surface area contributed by atoms with Gasteiger partial charge in [0.25, 0.3) is 0 Å². The molecule has 6 nitrogen and oxygen atoms in total. The number of nitrogen functional groups attached to an aromatic ring is 1. The molecule has 1 heterocycles. The van der Waals surface area contributed by atoms with Crippen molar-refractivity contribution in [2.24, 2.45) is 0 Å². The van der Waals surface area contributed by atoms with Crippen molar-refractivity contribution < 1.29 is 8.42 Å². The number of imidazole rings is 1. The number of thioether (sulfide) groups is 1. The first-order valence-electron chi connectivity index (χ1n) is 6.46. The Morgan fingerprint density at radius 1 is 1.29 bits per heavy atom. The van der Waals surface area contributed by atoms with E-state index < -0.39 is 10.0 Å². The van der Waals surface area contributed by atoms with Crippen LogP contribution in [0.15, 0.2) is 47.9 Å². The van der Waals surface area contributed by atoms with Gasteiger partial charge >= 0.3 is 0 Å². The van der Waals surface area contributed by atoms with Crippen LogP contribution in [0.4, 0.5) is 5.69 Å². The number of nitrogens with two attached hydrogens (primary N) is 1. The maximum absolute atomic E-state index is 11.8. The van der Waals surface area contributed by atoms with Crippen LogP contribution in [0.5, 0.6) is 0 Å². The summed E-state index contributed by atoms with van der Waals surface area (Å²) in [6.07, 6.45) is 5.12. The molecule has 0 bridgehead atoms. The summed E-state index contributed by atoms with van der Waals surface area (Å²) in [5, 5.41) is 0. The van der Waals surface area contributed by atoms with E-state index >= 15 is 0 Å². The molecule has 2 aromatic rings. The SMILES string of the molecule is Nc1ccc(SCCS(=O)(=O)NCCn2ccnc2)cc1. The zero-order valence-electron chi connectivity index (χ0n) is 11.5. The number of nitrogens with one attached hydrogen (secondary N) is 1. The van der Waals surface area contributed by atoms with Gasteiger partial charge in [-0.25, -0.2) is 18.1 Å². The highest BCUT2D eigenvalue weighted by Crippen LogP contribution is 2.19. The molecule has 0 amide bonds. The Morgan fingerprint density at radius 2 is 2.05 bits per heavy atom. The molecule has 0 aliphatic carbocycles. The largest absolute Gasteiger partial charge is 0.399 e. The molecule has 0 saturated heterocycles. The van der Waals surface area contributed by atoms with Crippen LogP contribution in [0.2, 0.25) is 0 Å². The molecule has 2 rings (SSSR count). The van der Waals surface area contributed by atoms with E-state index in [0.717, 1.165) is 4.90 Å². The fourth-order valence-electron chi connectivity index (χ4n) is 1.65. The summed E-state index contributed by atoms with van der Waals surface area (Å²) < 4.78 is 28.1. The molecule has 3 N–H and O–H groups in total. The average Bonchev–Trinajstić information content (AvgIpc) is 2.94. The first kappa shape index (κ1) is 15.9. The van der Waals surface area contributed by atoms with E-state index in [1.54, 1.807) is 30.9 Å². The van der Waals surface area contributed by atoms with Gasteiger partial charge in [-0.1, -0.05) is 0 Å². The van der Waals surface area contributed by atoms with Crippen LogP contribution < -0.4 is 10.5 Å². The van der Waals surface area contributed by atoms with Crippen molar-refractivity contribution in [3.05, 3.63) is 43.0 Å². The number of nitrogens with zero attached hydrogens (tertiary/aromatic N) is 2. The Balaban J connectivity index is 1.69. The Kier molecular flexibility index (Phi) is 5.66. The molecule has 0 aliphatic heterocycles. The normalized spacial score (nSPS) is 11.6. The second-order valence-electron chi connectivity index (χ2n) is 4.43. The molecular weight excluding hydrogens is 308 g/mol. The monoisotopic (exact) mass is 326 g/mol. The molecule has 1 aromatic heterocycles.